The molecule has 2 aliphatic carbocycles. The number of aromatic amines is 1. The highest BCUT2D eigenvalue weighted by molar-refractivity contribution is 5.85. The van der Waals surface area contributed by atoms with Crippen LogP contribution in [-0.4, -0.2) is 57.7 Å². The van der Waals surface area contributed by atoms with E-state index >= 15 is 0 Å². The molecule has 0 aromatic carbocycles. The Bertz CT molecular complexity index is 1020. The summed E-state index contributed by atoms with van der Waals surface area (Å²) in [5.41, 5.74) is 1.22. The number of aryl methyl sites for hydroxylation is 1. The zero-order valence-corrected chi connectivity index (χ0v) is 18.5. The van der Waals surface area contributed by atoms with Crippen LogP contribution in [0, 0.1) is 0 Å². The normalized spacial score (nSPS) is 22.4. The molecule has 0 unspecified atom stereocenters. The number of amides is 1. The van der Waals surface area contributed by atoms with Gasteiger partial charge in [-0.2, -0.15) is 10.1 Å². The summed E-state index contributed by atoms with van der Waals surface area (Å²) in [6.45, 7) is 0.618. The highest BCUT2D eigenvalue weighted by Gasteiger charge is 2.45. The highest BCUT2D eigenvalue weighted by Crippen LogP contribution is 2.46. The molecule has 1 saturated heterocycles. The van der Waals surface area contributed by atoms with E-state index in [1.165, 1.54) is 12.8 Å². The van der Waals surface area contributed by atoms with Gasteiger partial charge in [-0.15, -0.1) is 0 Å². The summed E-state index contributed by atoms with van der Waals surface area (Å²) in [6, 6.07) is 1.52. The first-order chi connectivity index (χ1) is 15.3. The fourth-order valence-electron chi connectivity index (χ4n) is 5.21. The minimum absolute atomic E-state index is 0.0278. The minimum atomic E-state index is -3.00. The van der Waals surface area contributed by atoms with E-state index < -0.39 is 5.92 Å². The van der Waals surface area contributed by atoms with Gasteiger partial charge in [0.1, 0.15) is 11.9 Å². The predicted octanol–water partition coefficient (Wildman–Crippen LogP) is 3.70. The van der Waals surface area contributed by atoms with Crippen molar-refractivity contribution in [3.63, 3.8) is 0 Å². The summed E-state index contributed by atoms with van der Waals surface area (Å²) in [7, 11) is 3.44. The zero-order valence-electron chi connectivity index (χ0n) is 18.5. The van der Waals surface area contributed by atoms with Gasteiger partial charge in [-0.05, 0) is 32.1 Å². The lowest BCUT2D eigenvalue weighted by molar-refractivity contribution is -0.129. The highest BCUT2D eigenvalue weighted by atomic mass is 19.3. The van der Waals surface area contributed by atoms with Crippen LogP contribution in [0.4, 0.5) is 26.4 Å². The van der Waals surface area contributed by atoms with E-state index in [4.69, 9.17) is 0 Å². The van der Waals surface area contributed by atoms with Gasteiger partial charge in [0, 0.05) is 44.7 Å². The molecular weight excluding hydrogens is 416 g/mol. The van der Waals surface area contributed by atoms with Gasteiger partial charge < -0.3 is 15.1 Å². The molecule has 172 valence electrons. The number of aromatic nitrogens is 4. The van der Waals surface area contributed by atoms with Crippen LogP contribution >= 0.6 is 0 Å². The van der Waals surface area contributed by atoms with E-state index in [2.05, 4.69) is 25.5 Å². The van der Waals surface area contributed by atoms with Crippen LogP contribution < -0.4 is 10.2 Å². The fourth-order valence-corrected chi connectivity index (χ4v) is 5.21. The maximum absolute atomic E-state index is 14.7. The molecule has 1 saturated carbocycles. The Hall–Kier alpha value is -2.78. The summed E-state index contributed by atoms with van der Waals surface area (Å²) in [5.74, 6) is -1.70. The molecule has 0 radical (unpaired) electrons. The molecule has 1 aliphatic heterocycles. The molecule has 5 rings (SSSR count). The van der Waals surface area contributed by atoms with Gasteiger partial charge in [-0.1, -0.05) is 12.8 Å². The van der Waals surface area contributed by atoms with Crippen molar-refractivity contribution < 1.29 is 13.6 Å². The van der Waals surface area contributed by atoms with Gasteiger partial charge >= 0.3 is 0 Å². The first-order valence-corrected chi connectivity index (χ1v) is 11.4. The number of carbonyl (C=O) groups is 1. The standard InChI is InChI=1S/C22H29F2N7O/c1-30(2)20(32)16-8-5-11-31(16)21-25-14-9-10-22(23,24)18(14)19(27-21)26-17-12-15(28-29-17)13-6-3-4-7-13/h12-13,16H,3-11H2,1-2H3,(H2,25,26,27,28,29)/t16-/m0/s1. The predicted molar refractivity (Wildman–Crippen MR) is 116 cm³/mol. The van der Waals surface area contributed by atoms with Gasteiger partial charge in [0.15, 0.2) is 5.82 Å². The number of hydrogen-bond acceptors (Lipinski definition) is 6. The van der Waals surface area contributed by atoms with Gasteiger partial charge in [-0.3, -0.25) is 9.89 Å². The molecule has 2 fully saturated rings. The molecular formula is C22H29F2N7O. The molecule has 10 heteroatoms. The van der Waals surface area contributed by atoms with Crippen LogP contribution in [0.15, 0.2) is 6.07 Å². The molecule has 1 amide bonds. The molecule has 0 bridgehead atoms. The zero-order chi connectivity index (χ0) is 22.5. The van der Waals surface area contributed by atoms with Crippen molar-refractivity contribution in [2.45, 2.75) is 69.2 Å². The topological polar surface area (TPSA) is 90.0 Å². The number of likely N-dealkylation sites (N-methyl/N-ethyl adjacent to an activating group) is 1. The van der Waals surface area contributed by atoms with E-state index in [0.29, 0.717) is 36.3 Å². The van der Waals surface area contributed by atoms with Crippen LogP contribution in [0.1, 0.15) is 67.8 Å². The van der Waals surface area contributed by atoms with Gasteiger partial charge in [0.25, 0.3) is 5.92 Å². The smallest absolute Gasteiger partial charge is 0.278 e. The number of nitrogens with one attached hydrogen (secondary N) is 2. The molecule has 2 N–H and O–H groups in total. The molecule has 3 heterocycles. The van der Waals surface area contributed by atoms with Crippen LogP contribution in [0.5, 0.6) is 0 Å². The van der Waals surface area contributed by atoms with Crippen molar-refractivity contribution in [1.82, 2.24) is 25.1 Å². The molecule has 32 heavy (non-hydrogen) atoms. The Morgan fingerprint density at radius 1 is 1.22 bits per heavy atom. The Kier molecular flexibility index (Phi) is 5.25. The Morgan fingerprint density at radius 2 is 2.00 bits per heavy atom. The second kappa shape index (κ2) is 7.97. The maximum Gasteiger partial charge on any atom is 0.278 e. The van der Waals surface area contributed by atoms with E-state index in [-0.39, 0.29) is 36.2 Å². The van der Waals surface area contributed by atoms with Crippen molar-refractivity contribution in [1.29, 1.82) is 0 Å². The number of rotatable bonds is 5. The van der Waals surface area contributed by atoms with E-state index in [0.717, 1.165) is 25.0 Å². The number of hydrogen-bond donors (Lipinski definition) is 2. The number of halogens is 2. The van der Waals surface area contributed by atoms with Crippen molar-refractivity contribution in [2.24, 2.45) is 0 Å². The number of nitrogens with zero attached hydrogens (tertiary/aromatic N) is 5. The summed E-state index contributed by atoms with van der Waals surface area (Å²) < 4.78 is 29.5. The number of anilines is 3. The molecule has 2 aromatic rings. The fraction of sp³-hybridized carbons (Fsp3) is 0.636. The lowest BCUT2D eigenvalue weighted by Gasteiger charge is -2.27. The van der Waals surface area contributed by atoms with Crippen LogP contribution in [0.3, 0.4) is 0 Å². The van der Waals surface area contributed by atoms with E-state index in [1.54, 1.807) is 19.0 Å². The summed E-state index contributed by atoms with van der Waals surface area (Å²) in [4.78, 5) is 25.1. The average Bonchev–Trinajstić information content (AvgIpc) is 3.54. The lowest BCUT2D eigenvalue weighted by Crippen LogP contribution is -2.43. The molecule has 3 aliphatic rings. The lowest BCUT2D eigenvalue weighted by atomic mass is 10.0. The van der Waals surface area contributed by atoms with Crippen molar-refractivity contribution >= 4 is 23.5 Å². The van der Waals surface area contributed by atoms with Crippen LogP contribution in [0.25, 0.3) is 0 Å². The SMILES string of the molecule is CN(C)C(=O)[C@@H]1CCCN1c1nc2c(c(Nc3cc(C4CCCC4)[nH]n3)n1)C(F)(F)CC2. The molecule has 2 aromatic heterocycles. The summed E-state index contributed by atoms with van der Waals surface area (Å²) >= 11 is 0. The third-order valence-electron chi connectivity index (χ3n) is 6.89. The number of alkyl halides is 2. The van der Waals surface area contributed by atoms with E-state index in [1.807, 2.05) is 11.0 Å². The van der Waals surface area contributed by atoms with Crippen LogP contribution in [-0.2, 0) is 17.1 Å². The quantitative estimate of drug-likeness (QED) is 0.730. The number of carbonyl (C=O) groups excluding carboxylic acids is 1. The maximum atomic E-state index is 14.7. The first-order valence-electron chi connectivity index (χ1n) is 11.4. The summed E-state index contributed by atoms with van der Waals surface area (Å²) in [5, 5.41) is 10.4. The largest absolute Gasteiger partial charge is 0.347 e. The van der Waals surface area contributed by atoms with Crippen molar-refractivity contribution in [2.75, 3.05) is 30.9 Å². The summed E-state index contributed by atoms with van der Waals surface area (Å²) in [6.07, 6.45) is 6.04. The Balaban J connectivity index is 1.49. The number of H-pyrrole nitrogens is 1. The Labute approximate surface area is 185 Å². The number of fused-ring (bicyclic) bond motifs is 1. The van der Waals surface area contributed by atoms with Gasteiger partial charge in [-0.25, -0.2) is 13.8 Å². The molecule has 1 atom stereocenters. The van der Waals surface area contributed by atoms with E-state index in [9.17, 15) is 13.6 Å². The van der Waals surface area contributed by atoms with Crippen LogP contribution in [0.2, 0.25) is 0 Å². The molecule has 8 nitrogen and oxygen atoms in total. The van der Waals surface area contributed by atoms with Gasteiger partial charge in [0.2, 0.25) is 11.9 Å². The Morgan fingerprint density at radius 3 is 2.75 bits per heavy atom. The monoisotopic (exact) mass is 445 g/mol. The van der Waals surface area contributed by atoms with Crippen molar-refractivity contribution in [3.8, 4) is 0 Å². The average molecular weight is 446 g/mol. The van der Waals surface area contributed by atoms with Gasteiger partial charge in [0.05, 0.1) is 11.3 Å². The third-order valence-corrected chi connectivity index (χ3v) is 6.89. The molecule has 0 spiro atoms. The minimum Gasteiger partial charge on any atom is -0.347 e. The van der Waals surface area contributed by atoms with Crippen molar-refractivity contribution in [3.05, 3.63) is 23.0 Å². The first kappa shape index (κ1) is 21.1. The second-order valence-corrected chi connectivity index (χ2v) is 9.30. The second-order valence-electron chi connectivity index (χ2n) is 9.30. The third kappa shape index (κ3) is 3.69.